The van der Waals surface area contributed by atoms with E-state index in [1.54, 1.807) is 18.2 Å². The third kappa shape index (κ3) is 6.55. The minimum atomic E-state index is -0.280. The van der Waals surface area contributed by atoms with E-state index in [1.165, 1.54) is 5.56 Å². The highest BCUT2D eigenvalue weighted by molar-refractivity contribution is 7.80. The molecule has 0 atom stereocenters. The SMILES string of the molecule is CC(C)(C)NC(=S)NC(=O)c1ccccc1OCCc1ccccc1. The Morgan fingerprint density at radius 3 is 2.36 bits per heavy atom. The van der Waals surface area contributed by atoms with Crippen LogP contribution in [-0.2, 0) is 6.42 Å². The van der Waals surface area contributed by atoms with Crippen LogP contribution in [0.1, 0.15) is 36.7 Å². The number of benzene rings is 2. The molecular weight excluding hydrogens is 332 g/mol. The van der Waals surface area contributed by atoms with Crippen LogP contribution in [0.5, 0.6) is 5.75 Å². The summed E-state index contributed by atoms with van der Waals surface area (Å²) in [6.45, 7) is 6.43. The monoisotopic (exact) mass is 356 g/mol. The van der Waals surface area contributed by atoms with Gasteiger partial charge in [0.25, 0.3) is 5.91 Å². The Morgan fingerprint density at radius 2 is 1.68 bits per heavy atom. The first-order valence-electron chi connectivity index (χ1n) is 8.24. The topological polar surface area (TPSA) is 50.4 Å². The number of carbonyl (C=O) groups excluding carboxylic acids is 1. The van der Waals surface area contributed by atoms with E-state index in [4.69, 9.17) is 17.0 Å². The molecule has 0 saturated carbocycles. The molecule has 25 heavy (non-hydrogen) atoms. The van der Waals surface area contributed by atoms with E-state index < -0.39 is 0 Å². The van der Waals surface area contributed by atoms with Crippen LogP contribution in [0, 0.1) is 0 Å². The van der Waals surface area contributed by atoms with E-state index >= 15 is 0 Å². The second-order valence-corrected chi connectivity index (χ2v) is 7.15. The fourth-order valence-corrected chi connectivity index (χ4v) is 2.64. The lowest BCUT2D eigenvalue weighted by Crippen LogP contribution is -2.48. The van der Waals surface area contributed by atoms with Crippen molar-refractivity contribution in [1.82, 2.24) is 10.6 Å². The lowest BCUT2D eigenvalue weighted by atomic mass is 10.1. The van der Waals surface area contributed by atoms with Gasteiger partial charge in [-0.25, -0.2) is 0 Å². The number of ether oxygens (including phenoxy) is 1. The van der Waals surface area contributed by atoms with E-state index in [-0.39, 0.29) is 11.4 Å². The largest absolute Gasteiger partial charge is 0.492 e. The van der Waals surface area contributed by atoms with Crippen LogP contribution >= 0.6 is 12.2 Å². The molecule has 132 valence electrons. The van der Waals surface area contributed by atoms with Gasteiger partial charge >= 0.3 is 0 Å². The number of carbonyl (C=O) groups is 1. The Hall–Kier alpha value is -2.40. The first kappa shape index (κ1) is 18.9. The molecule has 2 rings (SSSR count). The standard InChI is InChI=1S/C20H24N2O2S/c1-20(2,3)22-19(25)21-18(23)16-11-7-8-12-17(16)24-14-13-15-9-5-4-6-10-15/h4-12H,13-14H2,1-3H3,(H2,21,22,23,25). The number of nitrogens with one attached hydrogen (secondary N) is 2. The highest BCUT2D eigenvalue weighted by Crippen LogP contribution is 2.18. The van der Waals surface area contributed by atoms with E-state index in [9.17, 15) is 4.79 Å². The first-order valence-corrected chi connectivity index (χ1v) is 8.65. The normalized spacial score (nSPS) is 10.8. The summed E-state index contributed by atoms with van der Waals surface area (Å²) < 4.78 is 5.82. The van der Waals surface area contributed by atoms with E-state index in [0.717, 1.165) is 6.42 Å². The minimum absolute atomic E-state index is 0.212. The Balaban J connectivity index is 1.97. The Morgan fingerprint density at radius 1 is 1.04 bits per heavy atom. The molecule has 4 nitrogen and oxygen atoms in total. The van der Waals surface area contributed by atoms with Gasteiger partial charge in [0.1, 0.15) is 5.75 Å². The summed E-state index contributed by atoms with van der Waals surface area (Å²) in [5.74, 6) is 0.270. The predicted octanol–water partition coefficient (Wildman–Crippen LogP) is 3.71. The van der Waals surface area contributed by atoms with Crippen molar-refractivity contribution in [2.24, 2.45) is 0 Å². The molecule has 2 aromatic carbocycles. The van der Waals surface area contributed by atoms with Crippen LogP contribution < -0.4 is 15.4 Å². The van der Waals surface area contributed by atoms with Crippen LogP contribution in [0.2, 0.25) is 0 Å². The molecule has 1 amide bonds. The number of para-hydroxylation sites is 1. The molecule has 0 spiro atoms. The van der Waals surface area contributed by atoms with Crippen molar-refractivity contribution in [1.29, 1.82) is 0 Å². The van der Waals surface area contributed by atoms with E-state index in [0.29, 0.717) is 23.0 Å². The fourth-order valence-electron chi connectivity index (χ4n) is 2.25. The van der Waals surface area contributed by atoms with Crippen molar-refractivity contribution in [2.75, 3.05) is 6.61 Å². The summed E-state index contributed by atoms with van der Waals surface area (Å²) in [6, 6.07) is 17.3. The number of rotatable bonds is 5. The van der Waals surface area contributed by atoms with Crippen molar-refractivity contribution in [3.8, 4) is 5.75 Å². The van der Waals surface area contributed by atoms with Gasteiger partial charge in [0, 0.05) is 12.0 Å². The third-order valence-electron chi connectivity index (χ3n) is 3.34. The average molecular weight is 356 g/mol. The number of thiocarbonyl (C=S) groups is 1. The van der Waals surface area contributed by atoms with Crippen LogP contribution in [0.15, 0.2) is 54.6 Å². The molecule has 0 bridgehead atoms. The number of amides is 1. The molecule has 2 aromatic rings. The lowest BCUT2D eigenvalue weighted by molar-refractivity contribution is 0.0972. The molecule has 0 aliphatic carbocycles. The van der Waals surface area contributed by atoms with Crippen molar-refractivity contribution in [2.45, 2.75) is 32.7 Å². The van der Waals surface area contributed by atoms with Crippen LogP contribution in [0.25, 0.3) is 0 Å². The maximum atomic E-state index is 12.5. The van der Waals surface area contributed by atoms with Gasteiger partial charge in [0.2, 0.25) is 0 Å². The van der Waals surface area contributed by atoms with Crippen molar-refractivity contribution in [3.63, 3.8) is 0 Å². The van der Waals surface area contributed by atoms with E-state index in [1.807, 2.05) is 45.0 Å². The Bertz CT molecular complexity index is 724. The molecule has 0 aliphatic heterocycles. The first-order chi connectivity index (χ1) is 11.8. The molecule has 0 unspecified atom stereocenters. The van der Waals surface area contributed by atoms with Crippen molar-refractivity contribution < 1.29 is 9.53 Å². The molecule has 0 saturated heterocycles. The fraction of sp³-hybridized carbons (Fsp3) is 0.300. The summed E-state index contributed by atoms with van der Waals surface area (Å²) in [6.07, 6.45) is 0.779. The minimum Gasteiger partial charge on any atom is -0.492 e. The van der Waals surface area contributed by atoms with Gasteiger partial charge in [0.15, 0.2) is 5.11 Å². The molecular formula is C20H24N2O2S. The zero-order valence-electron chi connectivity index (χ0n) is 14.8. The van der Waals surface area contributed by atoms with E-state index in [2.05, 4.69) is 22.8 Å². The van der Waals surface area contributed by atoms with Gasteiger partial charge in [-0.1, -0.05) is 42.5 Å². The van der Waals surface area contributed by atoms with Gasteiger partial charge < -0.3 is 10.1 Å². The molecule has 0 radical (unpaired) electrons. The van der Waals surface area contributed by atoms with Gasteiger partial charge in [-0.3, -0.25) is 10.1 Å². The van der Waals surface area contributed by atoms with Gasteiger partial charge in [-0.2, -0.15) is 0 Å². The van der Waals surface area contributed by atoms with Gasteiger partial charge in [-0.05, 0) is 50.7 Å². The maximum absolute atomic E-state index is 12.5. The maximum Gasteiger partial charge on any atom is 0.261 e. The zero-order valence-corrected chi connectivity index (χ0v) is 15.7. The highest BCUT2D eigenvalue weighted by atomic mass is 32.1. The summed E-state index contributed by atoms with van der Waals surface area (Å²) in [4.78, 5) is 12.5. The zero-order chi connectivity index (χ0) is 18.3. The summed E-state index contributed by atoms with van der Waals surface area (Å²) in [7, 11) is 0. The molecule has 0 aliphatic rings. The van der Waals surface area contributed by atoms with Gasteiger partial charge in [-0.15, -0.1) is 0 Å². The van der Waals surface area contributed by atoms with Crippen LogP contribution in [0.4, 0.5) is 0 Å². The van der Waals surface area contributed by atoms with Gasteiger partial charge in [0.05, 0.1) is 12.2 Å². The van der Waals surface area contributed by atoms with Crippen molar-refractivity contribution >= 4 is 23.2 Å². The number of hydrogen-bond acceptors (Lipinski definition) is 3. The second kappa shape index (κ2) is 8.62. The summed E-state index contributed by atoms with van der Waals surface area (Å²) in [5, 5.41) is 6.07. The number of hydrogen-bond donors (Lipinski definition) is 2. The molecule has 0 heterocycles. The molecule has 0 fully saturated rings. The predicted molar refractivity (Wildman–Crippen MR) is 105 cm³/mol. The average Bonchev–Trinajstić information content (AvgIpc) is 2.54. The lowest BCUT2D eigenvalue weighted by Gasteiger charge is -2.22. The molecule has 0 aromatic heterocycles. The summed E-state index contributed by atoms with van der Waals surface area (Å²) in [5.41, 5.74) is 1.45. The molecule has 5 heteroatoms. The van der Waals surface area contributed by atoms with Crippen LogP contribution in [-0.4, -0.2) is 23.2 Å². The third-order valence-corrected chi connectivity index (χ3v) is 3.54. The van der Waals surface area contributed by atoms with Crippen LogP contribution in [0.3, 0.4) is 0 Å². The highest BCUT2D eigenvalue weighted by Gasteiger charge is 2.16. The summed E-state index contributed by atoms with van der Waals surface area (Å²) >= 11 is 5.19. The quantitative estimate of drug-likeness (QED) is 0.802. The Kier molecular flexibility index (Phi) is 6.53. The van der Waals surface area contributed by atoms with Crippen molar-refractivity contribution in [3.05, 3.63) is 65.7 Å². The molecule has 2 N–H and O–H groups in total. The second-order valence-electron chi connectivity index (χ2n) is 6.74. The smallest absolute Gasteiger partial charge is 0.261 e. The Labute approximate surface area is 154 Å².